The fourth-order valence-electron chi connectivity index (χ4n) is 3.77. The monoisotopic (exact) mass is 538 g/mol. The number of hydrogen-bond acceptors (Lipinski definition) is 12. The first-order valence-electron chi connectivity index (χ1n) is 12.7. The molecule has 14 nitrogen and oxygen atoms in total. The predicted octanol–water partition coefficient (Wildman–Crippen LogP) is -3.61. The van der Waals surface area contributed by atoms with Crippen LogP contribution in [0.15, 0.2) is 0 Å². The van der Waals surface area contributed by atoms with Crippen LogP contribution in [0, 0.1) is 0 Å². The highest BCUT2D eigenvalue weighted by Gasteiger charge is 2.44. The highest BCUT2D eigenvalue weighted by atomic mass is 16.5. The van der Waals surface area contributed by atoms with Crippen molar-refractivity contribution in [1.82, 2.24) is 20.9 Å². The van der Waals surface area contributed by atoms with Crippen molar-refractivity contribution in [3.63, 3.8) is 0 Å². The maximum atomic E-state index is 11.9. The minimum absolute atomic E-state index is 0.0738. The second-order valence-corrected chi connectivity index (χ2v) is 8.77. The van der Waals surface area contributed by atoms with Gasteiger partial charge in [-0.15, -0.1) is 0 Å². The Hall–Kier alpha value is -1.46. The zero-order chi connectivity index (χ0) is 27.6. The summed E-state index contributed by atoms with van der Waals surface area (Å²) in [5, 5.41) is 48.4. The summed E-state index contributed by atoms with van der Waals surface area (Å²) in [5.41, 5.74) is 0. The molecule has 218 valence electrons. The normalized spacial score (nSPS) is 24.6. The van der Waals surface area contributed by atoms with Crippen LogP contribution in [0.1, 0.15) is 20.3 Å². The smallest absolute Gasteiger partial charge is 0.219 e. The largest absolute Gasteiger partial charge is 0.394 e. The molecule has 1 heterocycles. The Kier molecular flexibility index (Phi) is 17.8. The lowest BCUT2D eigenvalue weighted by Gasteiger charge is -2.42. The van der Waals surface area contributed by atoms with Gasteiger partial charge in [0.2, 0.25) is 11.8 Å². The van der Waals surface area contributed by atoms with Gasteiger partial charge in [-0.25, -0.2) is 0 Å². The molecular formula is C23H46N4O10. The molecule has 0 radical (unpaired) electrons. The number of hydrogen-bond donors (Lipinski definition) is 7. The highest BCUT2D eigenvalue weighted by molar-refractivity contribution is 5.73. The molecule has 0 bridgehead atoms. The number of carbonyl (C=O) groups excluding carboxylic acids is 2. The van der Waals surface area contributed by atoms with Crippen LogP contribution in [0.2, 0.25) is 0 Å². The van der Waals surface area contributed by atoms with Crippen LogP contribution >= 0.6 is 0 Å². The lowest BCUT2D eigenvalue weighted by atomic mass is 9.91. The van der Waals surface area contributed by atoms with E-state index in [2.05, 4.69) is 16.0 Å². The summed E-state index contributed by atoms with van der Waals surface area (Å²) in [7, 11) is 1.85. The second-order valence-electron chi connectivity index (χ2n) is 8.77. The number of nitrogens with zero attached hydrogens (tertiary/aromatic N) is 1. The van der Waals surface area contributed by atoms with E-state index in [1.807, 2.05) is 7.05 Å². The van der Waals surface area contributed by atoms with Crippen molar-refractivity contribution in [1.29, 1.82) is 0 Å². The van der Waals surface area contributed by atoms with Crippen LogP contribution < -0.4 is 16.0 Å². The van der Waals surface area contributed by atoms with Gasteiger partial charge >= 0.3 is 0 Å². The molecule has 6 atom stereocenters. The van der Waals surface area contributed by atoms with Crippen molar-refractivity contribution in [2.75, 3.05) is 79.5 Å². The van der Waals surface area contributed by atoms with Crippen LogP contribution in [0.25, 0.3) is 0 Å². The van der Waals surface area contributed by atoms with Crippen molar-refractivity contribution in [3.05, 3.63) is 0 Å². The van der Waals surface area contributed by atoms with Gasteiger partial charge in [-0.1, -0.05) is 0 Å². The first-order valence-corrected chi connectivity index (χ1v) is 12.7. The van der Waals surface area contributed by atoms with Crippen molar-refractivity contribution in [2.24, 2.45) is 0 Å². The van der Waals surface area contributed by atoms with Gasteiger partial charge in [0.15, 0.2) is 0 Å². The molecule has 1 aliphatic rings. The average molecular weight is 539 g/mol. The Bertz CT molecular complexity index is 632. The third-order valence-corrected chi connectivity index (χ3v) is 5.78. The second kappa shape index (κ2) is 19.6. The summed E-state index contributed by atoms with van der Waals surface area (Å²) in [6, 6.07) is -0.858. The van der Waals surface area contributed by atoms with Crippen molar-refractivity contribution in [2.45, 2.75) is 57.0 Å². The number of nitrogens with one attached hydrogen (secondary N) is 3. The summed E-state index contributed by atoms with van der Waals surface area (Å²) in [6.45, 7) is 6.05. The zero-order valence-corrected chi connectivity index (χ0v) is 22.1. The number of amides is 2. The highest BCUT2D eigenvalue weighted by Crippen LogP contribution is 2.23. The van der Waals surface area contributed by atoms with E-state index in [0.29, 0.717) is 33.0 Å². The molecule has 0 saturated carbocycles. The molecule has 2 amide bonds. The maximum Gasteiger partial charge on any atom is 0.219 e. The number of carbonyl (C=O) groups is 2. The van der Waals surface area contributed by atoms with Crippen molar-refractivity contribution < 1.29 is 49.0 Å². The van der Waals surface area contributed by atoms with Crippen molar-refractivity contribution >= 4 is 11.8 Å². The first-order chi connectivity index (χ1) is 17.7. The van der Waals surface area contributed by atoms with E-state index in [0.717, 1.165) is 6.54 Å². The number of rotatable bonds is 20. The molecule has 0 aromatic rings. The molecule has 1 saturated heterocycles. The van der Waals surface area contributed by atoms with Crippen LogP contribution in [-0.4, -0.2) is 153 Å². The number of likely N-dealkylation sites (N-methyl/N-ethyl adjacent to an activating group) is 1. The molecule has 0 aromatic carbocycles. The Balaban J connectivity index is 2.30. The molecule has 0 aromatic heterocycles. The topological polar surface area (TPSA) is 191 Å². The third kappa shape index (κ3) is 13.8. The van der Waals surface area contributed by atoms with E-state index in [9.17, 15) is 30.0 Å². The number of ether oxygens (including phenoxy) is 4. The van der Waals surface area contributed by atoms with Crippen LogP contribution in [0.4, 0.5) is 0 Å². The Labute approximate surface area is 218 Å². The number of aliphatic hydroxyl groups is 4. The van der Waals surface area contributed by atoms with E-state index in [1.54, 1.807) is 0 Å². The molecule has 0 aliphatic carbocycles. The van der Waals surface area contributed by atoms with Gasteiger partial charge in [0.05, 0.1) is 58.3 Å². The average Bonchev–Trinajstić information content (AvgIpc) is 2.85. The van der Waals surface area contributed by atoms with Gasteiger partial charge in [0, 0.05) is 40.1 Å². The molecular weight excluding hydrogens is 492 g/mol. The Morgan fingerprint density at radius 2 is 1.59 bits per heavy atom. The van der Waals surface area contributed by atoms with E-state index < -0.39 is 49.2 Å². The lowest BCUT2D eigenvalue weighted by molar-refractivity contribution is -0.198. The van der Waals surface area contributed by atoms with E-state index >= 15 is 0 Å². The fraction of sp³-hybridized carbons (Fsp3) is 0.913. The lowest BCUT2D eigenvalue weighted by Crippen LogP contribution is -2.64. The van der Waals surface area contributed by atoms with Crippen molar-refractivity contribution in [3.8, 4) is 0 Å². The standard InChI is InChI=1S/C23H46N4O10/c1-16(29)26-21-18(37-19(15-28)22(32)23(21)33)4-8-34-11-7-27(17(2)30)14-20(31)25-6-10-36-13-12-35-9-5-24-3/h18-25,28,31-33H,4-15H2,1-3H3,(H,26,29). The van der Waals surface area contributed by atoms with Crippen LogP contribution in [-0.2, 0) is 28.5 Å². The SMILES string of the molecule is CNCCOCCOCCNC(O)CN(CCOCCC1OC(CO)C(O)C(O)C1NC(C)=O)C(C)=O. The maximum absolute atomic E-state index is 11.9. The fourth-order valence-corrected chi connectivity index (χ4v) is 3.77. The van der Waals surface area contributed by atoms with Gasteiger partial charge in [0.1, 0.15) is 24.5 Å². The van der Waals surface area contributed by atoms with Gasteiger partial charge in [-0.2, -0.15) is 0 Å². The summed E-state index contributed by atoms with van der Waals surface area (Å²) in [4.78, 5) is 24.9. The Morgan fingerprint density at radius 3 is 2.19 bits per heavy atom. The third-order valence-electron chi connectivity index (χ3n) is 5.78. The minimum atomic E-state index is -1.34. The van der Waals surface area contributed by atoms with Gasteiger partial charge in [0.25, 0.3) is 0 Å². The predicted molar refractivity (Wildman–Crippen MR) is 133 cm³/mol. The molecule has 1 fully saturated rings. The quantitative estimate of drug-likeness (QED) is 0.0596. The summed E-state index contributed by atoms with van der Waals surface area (Å²) < 4.78 is 22.0. The van der Waals surface area contributed by atoms with Gasteiger partial charge in [-0.05, 0) is 13.5 Å². The van der Waals surface area contributed by atoms with Crippen LogP contribution in [0.3, 0.4) is 0 Å². The molecule has 1 aliphatic heterocycles. The Morgan fingerprint density at radius 1 is 0.946 bits per heavy atom. The summed E-state index contributed by atoms with van der Waals surface area (Å²) in [6.07, 6.45) is -4.96. The molecule has 14 heteroatoms. The minimum Gasteiger partial charge on any atom is -0.394 e. The molecule has 0 spiro atoms. The number of aliphatic hydroxyl groups excluding tert-OH is 4. The molecule has 1 rings (SSSR count). The molecule has 37 heavy (non-hydrogen) atoms. The van der Waals surface area contributed by atoms with Crippen LogP contribution in [0.5, 0.6) is 0 Å². The molecule has 6 unspecified atom stereocenters. The first kappa shape index (κ1) is 33.6. The molecule has 7 N–H and O–H groups in total. The van der Waals surface area contributed by atoms with E-state index in [-0.39, 0.29) is 38.6 Å². The van der Waals surface area contributed by atoms with Gasteiger partial charge < -0.3 is 54.9 Å². The summed E-state index contributed by atoms with van der Waals surface area (Å²) >= 11 is 0. The zero-order valence-electron chi connectivity index (χ0n) is 22.1. The summed E-state index contributed by atoms with van der Waals surface area (Å²) in [5.74, 6) is -0.609. The van der Waals surface area contributed by atoms with Gasteiger partial charge in [-0.3, -0.25) is 14.9 Å². The van der Waals surface area contributed by atoms with E-state index in [1.165, 1.54) is 18.7 Å². The van der Waals surface area contributed by atoms with E-state index in [4.69, 9.17) is 18.9 Å².